The number of amides is 2. The normalized spacial score (nSPS) is 9.88. The van der Waals surface area contributed by atoms with Crippen LogP contribution in [0.1, 0.15) is 20.7 Å². The fourth-order valence-corrected chi connectivity index (χ4v) is 1.88. The highest BCUT2D eigenvalue weighted by atomic mass is 16.5. The Balaban J connectivity index is 1.88. The van der Waals surface area contributed by atoms with E-state index < -0.39 is 24.4 Å². The number of hydrogen-bond acceptors (Lipinski definition) is 5. The Labute approximate surface area is 138 Å². The summed E-state index contributed by atoms with van der Waals surface area (Å²) in [4.78, 5) is 34.6. The van der Waals surface area contributed by atoms with Crippen molar-refractivity contribution in [3.8, 4) is 5.75 Å². The van der Waals surface area contributed by atoms with Crippen LogP contribution in [-0.2, 0) is 9.53 Å². The topological polar surface area (TPSA) is 108 Å². The highest BCUT2D eigenvalue weighted by Crippen LogP contribution is 2.13. The number of primary amides is 1. The first-order valence-electron chi connectivity index (χ1n) is 7.00. The summed E-state index contributed by atoms with van der Waals surface area (Å²) in [6.45, 7) is -0.437. The Morgan fingerprint density at radius 1 is 1.04 bits per heavy atom. The largest absolute Gasteiger partial charge is 0.497 e. The van der Waals surface area contributed by atoms with Gasteiger partial charge in [0.1, 0.15) is 5.75 Å². The summed E-state index contributed by atoms with van der Waals surface area (Å²) in [5.41, 5.74) is 6.21. The molecule has 0 aliphatic carbocycles. The maximum absolute atomic E-state index is 11.9. The first-order valence-corrected chi connectivity index (χ1v) is 7.00. The van der Waals surface area contributed by atoms with Crippen LogP contribution < -0.4 is 15.8 Å². The van der Waals surface area contributed by atoms with Gasteiger partial charge in [-0.1, -0.05) is 6.07 Å². The third-order valence-corrected chi connectivity index (χ3v) is 3.09. The van der Waals surface area contributed by atoms with Gasteiger partial charge in [0.05, 0.1) is 12.7 Å². The van der Waals surface area contributed by atoms with Crippen LogP contribution >= 0.6 is 0 Å². The Kier molecular flexibility index (Phi) is 5.51. The number of rotatable bonds is 6. The highest BCUT2D eigenvalue weighted by molar-refractivity contribution is 5.96. The van der Waals surface area contributed by atoms with Gasteiger partial charge in [-0.25, -0.2) is 4.79 Å². The maximum Gasteiger partial charge on any atom is 0.338 e. The molecule has 7 heteroatoms. The zero-order valence-electron chi connectivity index (χ0n) is 12.9. The lowest BCUT2D eigenvalue weighted by atomic mass is 10.2. The van der Waals surface area contributed by atoms with E-state index in [1.165, 1.54) is 37.4 Å². The zero-order chi connectivity index (χ0) is 17.5. The van der Waals surface area contributed by atoms with Gasteiger partial charge in [-0.2, -0.15) is 0 Å². The van der Waals surface area contributed by atoms with Crippen molar-refractivity contribution in [1.82, 2.24) is 0 Å². The molecule has 7 nitrogen and oxygen atoms in total. The van der Waals surface area contributed by atoms with Crippen LogP contribution in [0.5, 0.6) is 5.75 Å². The molecule has 2 rings (SSSR count). The van der Waals surface area contributed by atoms with Gasteiger partial charge in [-0.15, -0.1) is 0 Å². The minimum atomic E-state index is -0.631. The molecule has 0 aliphatic rings. The van der Waals surface area contributed by atoms with E-state index in [1.54, 1.807) is 18.2 Å². The van der Waals surface area contributed by atoms with Crippen molar-refractivity contribution in [3.63, 3.8) is 0 Å². The van der Waals surface area contributed by atoms with E-state index in [9.17, 15) is 14.4 Å². The maximum atomic E-state index is 11.9. The predicted octanol–water partition coefficient (Wildman–Crippen LogP) is 1.59. The van der Waals surface area contributed by atoms with Gasteiger partial charge in [0, 0.05) is 11.3 Å². The van der Waals surface area contributed by atoms with E-state index >= 15 is 0 Å². The van der Waals surface area contributed by atoms with Gasteiger partial charge < -0.3 is 20.5 Å². The SMILES string of the molecule is COc1cccc(C(=O)OCC(=O)Nc2ccc(C(N)=O)cc2)c1. The average Bonchev–Trinajstić information content (AvgIpc) is 2.60. The number of carbonyl (C=O) groups is 3. The summed E-state index contributed by atoms with van der Waals surface area (Å²) in [5, 5.41) is 2.54. The number of carbonyl (C=O) groups excluding carboxylic acids is 3. The molecule has 0 spiro atoms. The number of methoxy groups -OCH3 is 1. The summed E-state index contributed by atoms with van der Waals surface area (Å²) < 4.78 is 9.96. The number of hydrogen-bond donors (Lipinski definition) is 2. The Morgan fingerprint density at radius 3 is 2.38 bits per heavy atom. The Bertz CT molecular complexity index is 756. The molecule has 24 heavy (non-hydrogen) atoms. The van der Waals surface area contributed by atoms with Crippen LogP contribution in [0.2, 0.25) is 0 Å². The fraction of sp³-hybridized carbons (Fsp3) is 0.118. The zero-order valence-corrected chi connectivity index (χ0v) is 12.9. The molecular formula is C17H16N2O5. The minimum Gasteiger partial charge on any atom is -0.497 e. The molecule has 0 heterocycles. The molecule has 2 aromatic carbocycles. The lowest BCUT2D eigenvalue weighted by Crippen LogP contribution is -2.21. The van der Waals surface area contributed by atoms with Gasteiger partial charge in [-0.3, -0.25) is 9.59 Å². The van der Waals surface area contributed by atoms with Crippen molar-refractivity contribution in [3.05, 3.63) is 59.7 Å². The third-order valence-electron chi connectivity index (χ3n) is 3.09. The molecule has 0 radical (unpaired) electrons. The van der Waals surface area contributed by atoms with Gasteiger partial charge in [0.2, 0.25) is 5.91 Å². The third kappa shape index (κ3) is 4.57. The molecule has 0 aliphatic heterocycles. The van der Waals surface area contributed by atoms with Crippen LogP contribution in [0.4, 0.5) is 5.69 Å². The van der Waals surface area contributed by atoms with Gasteiger partial charge in [0.15, 0.2) is 6.61 Å². The molecule has 0 bridgehead atoms. The highest BCUT2D eigenvalue weighted by Gasteiger charge is 2.11. The van der Waals surface area contributed by atoms with Crippen LogP contribution in [0.15, 0.2) is 48.5 Å². The van der Waals surface area contributed by atoms with Crippen molar-refractivity contribution in [2.45, 2.75) is 0 Å². The Morgan fingerprint density at radius 2 is 1.75 bits per heavy atom. The van der Waals surface area contributed by atoms with Crippen molar-refractivity contribution < 1.29 is 23.9 Å². The molecule has 0 aromatic heterocycles. The summed E-state index contributed by atoms with van der Waals surface area (Å²) in [6.07, 6.45) is 0. The Hall–Kier alpha value is -3.35. The summed E-state index contributed by atoms with van der Waals surface area (Å²) in [7, 11) is 1.49. The second-order valence-corrected chi connectivity index (χ2v) is 4.80. The lowest BCUT2D eigenvalue weighted by molar-refractivity contribution is -0.119. The molecule has 2 aromatic rings. The smallest absolute Gasteiger partial charge is 0.338 e. The summed E-state index contributed by atoms with van der Waals surface area (Å²) in [5.74, 6) is -1.17. The second-order valence-electron chi connectivity index (χ2n) is 4.80. The molecule has 3 N–H and O–H groups in total. The number of nitrogens with one attached hydrogen (secondary N) is 1. The van der Waals surface area contributed by atoms with E-state index in [-0.39, 0.29) is 5.56 Å². The number of esters is 1. The quantitative estimate of drug-likeness (QED) is 0.783. The van der Waals surface area contributed by atoms with Crippen LogP contribution in [0.3, 0.4) is 0 Å². The molecule has 0 atom stereocenters. The standard InChI is InChI=1S/C17H16N2O5/c1-23-14-4-2-3-12(9-14)17(22)24-10-15(20)19-13-7-5-11(6-8-13)16(18)21/h2-9H,10H2,1H3,(H2,18,21)(H,19,20). The number of benzene rings is 2. The van der Waals surface area contributed by atoms with E-state index in [0.717, 1.165) is 0 Å². The second kappa shape index (κ2) is 7.77. The fourth-order valence-electron chi connectivity index (χ4n) is 1.88. The van der Waals surface area contributed by atoms with Crippen LogP contribution in [-0.4, -0.2) is 31.5 Å². The molecule has 0 saturated carbocycles. The first kappa shape index (κ1) is 17.0. The summed E-state index contributed by atoms with van der Waals surface area (Å²) in [6, 6.07) is 12.5. The van der Waals surface area contributed by atoms with Gasteiger partial charge in [-0.05, 0) is 42.5 Å². The van der Waals surface area contributed by atoms with Crippen molar-refractivity contribution in [2.24, 2.45) is 5.73 Å². The number of anilines is 1. The first-order chi connectivity index (χ1) is 11.5. The van der Waals surface area contributed by atoms with Crippen molar-refractivity contribution in [2.75, 3.05) is 19.0 Å². The predicted molar refractivity (Wildman–Crippen MR) is 86.9 cm³/mol. The van der Waals surface area contributed by atoms with E-state index in [4.69, 9.17) is 15.2 Å². The van der Waals surface area contributed by atoms with E-state index in [0.29, 0.717) is 17.0 Å². The molecule has 0 saturated heterocycles. The van der Waals surface area contributed by atoms with E-state index in [1.807, 2.05) is 0 Å². The number of ether oxygens (including phenoxy) is 2. The minimum absolute atomic E-state index is 0.285. The monoisotopic (exact) mass is 328 g/mol. The average molecular weight is 328 g/mol. The molecule has 124 valence electrons. The van der Waals surface area contributed by atoms with Crippen molar-refractivity contribution >= 4 is 23.5 Å². The van der Waals surface area contributed by atoms with Gasteiger partial charge >= 0.3 is 5.97 Å². The lowest BCUT2D eigenvalue weighted by Gasteiger charge is -2.07. The molecule has 0 fully saturated rings. The van der Waals surface area contributed by atoms with Crippen LogP contribution in [0.25, 0.3) is 0 Å². The van der Waals surface area contributed by atoms with Gasteiger partial charge in [0.25, 0.3) is 5.91 Å². The number of nitrogens with two attached hydrogens (primary N) is 1. The molecule has 0 unspecified atom stereocenters. The van der Waals surface area contributed by atoms with E-state index in [2.05, 4.69) is 5.32 Å². The molecular weight excluding hydrogens is 312 g/mol. The van der Waals surface area contributed by atoms with Crippen molar-refractivity contribution in [1.29, 1.82) is 0 Å². The van der Waals surface area contributed by atoms with Crippen LogP contribution in [0, 0.1) is 0 Å². The summed E-state index contributed by atoms with van der Waals surface area (Å²) >= 11 is 0. The molecule has 2 amide bonds.